The van der Waals surface area contributed by atoms with Crippen LogP contribution in [-0.2, 0) is 27.9 Å². The molecule has 5 rings (SSSR count). The maximum atomic E-state index is 13.1. The second-order valence-corrected chi connectivity index (χ2v) is 10.9. The van der Waals surface area contributed by atoms with Gasteiger partial charge in [-0.05, 0) is 38.8 Å². The van der Waals surface area contributed by atoms with Crippen molar-refractivity contribution in [3.8, 4) is 0 Å². The second kappa shape index (κ2) is 7.69. The van der Waals surface area contributed by atoms with E-state index in [2.05, 4.69) is 10.2 Å². The zero-order chi connectivity index (χ0) is 24.4. The Kier molecular flexibility index (Phi) is 5.12. The van der Waals surface area contributed by atoms with Gasteiger partial charge in [0.15, 0.2) is 0 Å². The van der Waals surface area contributed by atoms with Crippen LogP contribution >= 0.6 is 0 Å². The standard InChI is InChI=1S/C24H31N5O5/c1-23(2,3)34-22(33)28-13-24(14-28)11-27(12-24)10-15-6-5-7-16-19(15)26(4)21(32)29(16)17-8-9-18(30)25-20(17)31/h5-7,17H,8-14H2,1-4H3,(H,25,30,31). The molecule has 1 spiro atoms. The van der Waals surface area contributed by atoms with E-state index in [0.717, 1.165) is 24.2 Å². The Morgan fingerprint density at radius 1 is 1.15 bits per heavy atom. The summed E-state index contributed by atoms with van der Waals surface area (Å²) in [4.78, 5) is 53.4. The Morgan fingerprint density at radius 2 is 1.85 bits per heavy atom. The van der Waals surface area contributed by atoms with Gasteiger partial charge in [-0.2, -0.15) is 0 Å². The number of imidazole rings is 1. The molecule has 1 unspecified atom stereocenters. The third-order valence-electron chi connectivity index (χ3n) is 6.92. The summed E-state index contributed by atoms with van der Waals surface area (Å²) in [5, 5.41) is 2.35. The molecule has 0 aliphatic carbocycles. The maximum Gasteiger partial charge on any atom is 0.410 e. The van der Waals surface area contributed by atoms with Crippen LogP contribution in [0.4, 0.5) is 4.79 Å². The van der Waals surface area contributed by atoms with E-state index in [1.807, 2.05) is 39.0 Å². The van der Waals surface area contributed by atoms with Gasteiger partial charge in [-0.1, -0.05) is 12.1 Å². The van der Waals surface area contributed by atoms with E-state index in [1.54, 1.807) is 16.5 Å². The largest absolute Gasteiger partial charge is 0.444 e. The molecule has 10 heteroatoms. The number of amides is 3. The molecule has 182 valence electrons. The number of carbonyl (C=O) groups is 3. The van der Waals surface area contributed by atoms with Crippen molar-refractivity contribution in [2.45, 2.75) is 51.8 Å². The van der Waals surface area contributed by atoms with Gasteiger partial charge in [-0.25, -0.2) is 9.59 Å². The van der Waals surface area contributed by atoms with Crippen molar-refractivity contribution in [2.24, 2.45) is 12.5 Å². The number of piperidine rings is 1. The van der Waals surface area contributed by atoms with Crippen molar-refractivity contribution >= 4 is 28.9 Å². The van der Waals surface area contributed by atoms with E-state index >= 15 is 0 Å². The van der Waals surface area contributed by atoms with Crippen LogP contribution in [0.25, 0.3) is 11.0 Å². The summed E-state index contributed by atoms with van der Waals surface area (Å²) in [5.41, 5.74) is 1.89. The van der Waals surface area contributed by atoms with Crippen molar-refractivity contribution in [1.82, 2.24) is 24.3 Å². The summed E-state index contributed by atoms with van der Waals surface area (Å²) in [7, 11) is 1.72. The van der Waals surface area contributed by atoms with Gasteiger partial charge in [-0.3, -0.25) is 28.9 Å². The van der Waals surface area contributed by atoms with Crippen LogP contribution in [0.3, 0.4) is 0 Å². The van der Waals surface area contributed by atoms with Crippen molar-refractivity contribution in [3.63, 3.8) is 0 Å². The summed E-state index contributed by atoms with van der Waals surface area (Å²) < 4.78 is 8.57. The van der Waals surface area contributed by atoms with Crippen LogP contribution in [-0.4, -0.2) is 68.6 Å². The van der Waals surface area contributed by atoms with Gasteiger partial charge < -0.3 is 9.64 Å². The molecule has 4 heterocycles. The molecule has 1 aromatic carbocycles. The molecule has 0 saturated carbocycles. The Labute approximate surface area is 197 Å². The number of hydrogen-bond acceptors (Lipinski definition) is 6. The minimum Gasteiger partial charge on any atom is -0.444 e. The van der Waals surface area contributed by atoms with E-state index in [0.29, 0.717) is 31.6 Å². The number of likely N-dealkylation sites (tertiary alicyclic amines) is 2. The molecule has 0 radical (unpaired) electrons. The third-order valence-corrected chi connectivity index (χ3v) is 6.92. The summed E-state index contributed by atoms with van der Waals surface area (Å²) >= 11 is 0. The Hall–Kier alpha value is -3.14. The van der Waals surface area contributed by atoms with Crippen molar-refractivity contribution < 1.29 is 19.1 Å². The van der Waals surface area contributed by atoms with Gasteiger partial charge in [0, 0.05) is 51.6 Å². The Morgan fingerprint density at radius 3 is 2.50 bits per heavy atom. The van der Waals surface area contributed by atoms with E-state index in [1.165, 1.54) is 4.57 Å². The zero-order valence-electron chi connectivity index (χ0n) is 20.1. The topological polar surface area (TPSA) is 106 Å². The minimum absolute atomic E-state index is 0.120. The fraction of sp³-hybridized carbons (Fsp3) is 0.583. The number of ether oxygens (including phenoxy) is 1. The van der Waals surface area contributed by atoms with Crippen LogP contribution in [0.1, 0.15) is 45.2 Å². The first-order valence-electron chi connectivity index (χ1n) is 11.7. The summed E-state index contributed by atoms with van der Waals surface area (Å²) in [6, 6.07) is 5.08. The van der Waals surface area contributed by atoms with Crippen LogP contribution < -0.4 is 11.0 Å². The molecular formula is C24H31N5O5. The number of benzene rings is 1. The normalized spacial score (nSPS) is 22.5. The lowest BCUT2D eigenvalue weighted by Gasteiger charge is -2.60. The molecule has 3 aliphatic rings. The van der Waals surface area contributed by atoms with Gasteiger partial charge in [0.2, 0.25) is 11.8 Å². The van der Waals surface area contributed by atoms with Gasteiger partial charge >= 0.3 is 11.8 Å². The predicted molar refractivity (Wildman–Crippen MR) is 124 cm³/mol. The van der Waals surface area contributed by atoms with E-state index < -0.39 is 17.6 Å². The number of aryl methyl sites for hydroxylation is 1. The lowest BCUT2D eigenvalue weighted by molar-refractivity contribution is -0.135. The fourth-order valence-electron chi connectivity index (χ4n) is 5.55. The van der Waals surface area contributed by atoms with Crippen LogP contribution in [0, 0.1) is 5.41 Å². The van der Waals surface area contributed by atoms with Gasteiger partial charge in [0.1, 0.15) is 11.6 Å². The molecule has 34 heavy (non-hydrogen) atoms. The van der Waals surface area contributed by atoms with Crippen LogP contribution in [0.15, 0.2) is 23.0 Å². The first-order valence-corrected chi connectivity index (χ1v) is 11.7. The second-order valence-electron chi connectivity index (χ2n) is 10.9. The number of rotatable bonds is 3. The number of fused-ring (bicyclic) bond motifs is 1. The average molecular weight is 470 g/mol. The molecule has 2 aromatic rings. The number of para-hydroxylation sites is 1. The predicted octanol–water partition coefficient (Wildman–Crippen LogP) is 1.37. The van der Waals surface area contributed by atoms with Crippen LogP contribution in [0.2, 0.25) is 0 Å². The molecular weight excluding hydrogens is 438 g/mol. The quantitative estimate of drug-likeness (QED) is 0.681. The lowest BCUT2D eigenvalue weighted by Crippen LogP contribution is -2.72. The Balaban J connectivity index is 1.29. The molecule has 1 aromatic heterocycles. The van der Waals surface area contributed by atoms with Crippen LogP contribution in [0.5, 0.6) is 0 Å². The number of carbonyl (C=O) groups excluding carboxylic acids is 3. The van der Waals surface area contributed by atoms with E-state index in [-0.39, 0.29) is 29.5 Å². The molecule has 3 aliphatic heterocycles. The first kappa shape index (κ1) is 22.6. The average Bonchev–Trinajstić information content (AvgIpc) is 2.93. The third kappa shape index (κ3) is 3.79. The van der Waals surface area contributed by atoms with Crippen molar-refractivity contribution in [3.05, 3.63) is 34.2 Å². The van der Waals surface area contributed by atoms with Gasteiger partial charge in [0.05, 0.1) is 11.0 Å². The van der Waals surface area contributed by atoms with Gasteiger partial charge in [0.25, 0.3) is 0 Å². The van der Waals surface area contributed by atoms with Crippen molar-refractivity contribution in [1.29, 1.82) is 0 Å². The monoisotopic (exact) mass is 469 g/mol. The summed E-state index contributed by atoms with van der Waals surface area (Å²) in [5.74, 6) is -0.733. The molecule has 1 N–H and O–H groups in total. The highest BCUT2D eigenvalue weighted by Crippen LogP contribution is 2.41. The Bertz CT molecular complexity index is 1240. The molecule has 3 amide bonds. The number of imide groups is 1. The number of nitrogens with one attached hydrogen (secondary N) is 1. The highest BCUT2D eigenvalue weighted by Gasteiger charge is 2.53. The lowest BCUT2D eigenvalue weighted by atomic mass is 9.73. The number of aromatic nitrogens is 2. The maximum absolute atomic E-state index is 13.1. The molecule has 1 atom stereocenters. The zero-order valence-corrected chi connectivity index (χ0v) is 20.1. The summed E-state index contributed by atoms with van der Waals surface area (Å²) in [6.45, 7) is 9.44. The van der Waals surface area contributed by atoms with Crippen molar-refractivity contribution in [2.75, 3.05) is 26.2 Å². The first-order chi connectivity index (χ1) is 16.0. The smallest absolute Gasteiger partial charge is 0.410 e. The fourth-order valence-corrected chi connectivity index (χ4v) is 5.55. The van der Waals surface area contributed by atoms with E-state index in [4.69, 9.17) is 4.74 Å². The highest BCUT2D eigenvalue weighted by molar-refractivity contribution is 6.00. The number of hydrogen-bond donors (Lipinski definition) is 1. The minimum atomic E-state index is -0.690. The summed E-state index contributed by atoms with van der Waals surface area (Å²) in [6.07, 6.45) is 0.275. The molecule has 3 saturated heterocycles. The highest BCUT2D eigenvalue weighted by atomic mass is 16.6. The molecule has 0 bridgehead atoms. The van der Waals surface area contributed by atoms with E-state index in [9.17, 15) is 19.2 Å². The van der Waals surface area contributed by atoms with Gasteiger partial charge in [-0.15, -0.1) is 0 Å². The molecule has 3 fully saturated rings. The molecule has 10 nitrogen and oxygen atoms in total. The number of nitrogens with zero attached hydrogens (tertiary/aromatic N) is 4. The SMILES string of the molecule is Cn1c(=O)n(C2CCC(=O)NC2=O)c2cccc(CN3CC4(C3)CN(C(=O)OC(C)(C)C)C4)c21.